The summed E-state index contributed by atoms with van der Waals surface area (Å²) in [5.41, 5.74) is 0. The van der Waals surface area contributed by atoms with Crippen molar-refractivity contribution in [2.75, 3.05) is 26.4 Å². The summed E-state index contributed by atoms with van der Waals surface area (Å²) in [5.74, 6) is 0.185. The monoisotopic (exact) mass is 371 g/mol. The van der Waals surface area contributed by atoms with E-state index in [4.69, 9.17) is 18.9 Å². The van der Waals surface area contributed by atoms with E-state index in [1.54, 1.807) is 0 Å². The Labute approximate surface area is 158 Å². The third-order valence-electron chi connectivity index (χ3n) is 5.21. The molecule has 1 saturated carbocycles. The van der Waals surface area contributed by atoms with Gasteiger partial charge in [-0.2, -0.15) is 0 Å². The van der Waals surface area contributed by atoms with Crippen LogP contribution < -0.4 is 5.32 Å². The quantitative estimate of drug-likeness (QED) is 0.500. The lowest BCUT2D eigenvalue weighted by atomic mass is 9.79. The molecule has 5 atom stereocenters. The van der Waals surface area contributed by atoms with E-state index in [0.717, 1.165) is 51.6 Å². The normalized spacial score (nSPS) is 30.7. The van der Waals surface area contributed by atoms with E-state index in [2.05, 4.69) is 26.1 Å². The maximum atomic E-state index is 11.8. The number of amides is 1. The molecule has 0 spiro atoms. The average Bonchev–Trinajstić information content (AvgIpc) is 3.00. The van der Waals surface area contributed by atoms with Gasteiger partial charge in [-0.1, -0.05) is 40.0 Å². The minimum Gasteiger partial charge on any atom is -0.444 e. The van der Waals surface area contributed by atoms with Gasteiger partial charge in [-0.15, -0.1) is 0 Å². The molecule has 1 amide bonds. The van der Waals surface area contributed by atoms with Crippen LogP contribution in [0.5, 0.6) is 0 Å². The van der Waals surface area contributed by atoms with Gasteiger partial charge in [-0.3, -0.25) is 0 Å². The fourth-order valence-corrected chi connectivity index (χ4v) is 3.67. The van der Waals surface area contributed by atoms with Crippen LogP contribution in [0.4, 0.5) is 4.79 Å². The Morgan fingerprint density at radius 2 is 1.58 bits per heavy atom. The van der Waals surface area contributed by atoms with Gasteiger partial charge in [0.05, 0.1) is 18.8 Å². The van der Waals surface area contributed by atoms with E-state index in [9.17, 15) is 4.79 Å². The first-order valence-electron chi connectivity index (χ1n) is 10.5. The molecule has 1 aliphatic heterocycles. The predicted octanol–water partition coefficient (Wildman–Crippen LogP) is 3.67. The van der Waals surface area contributed by atoms with Gasteiger partial charge in [0.2, 0.25) is 0 Å². The van der Waals surface area contributed by atoms with Gasteiger partial charge in [0.1, 0.15) is 12.2 Å². The smallest absolute Gasteiger partial charge is 0.407 e. The zero-order valence-corrected chi connectivity index (χ0v) is 16.7. The van der Waals surface area contributed by atoms with Crippen molar-refractivity contribution in [1.29, 1.82) is 0 Å². The second-order valence-electron chi connectivity index (χ2n) is 7.42. The Morgan fingerprint density at radius 1 is 0.962 bits per heavy atom. The first-order valence-corrected chi connectivity index (χ1v) is 10.5. The molecule has 0 aromatic rings. The summed E-state index contributed by atoms with van der Waals surface area (Å²) in [5, 5.41) is 2.94. The molecular weight excluding hydrogens is 334 g/mol. The fraction of sp³-hybridized carbons (Fsp3) is 0.950. The summed E-state index contributed by atoms with van der Waals surface area (Å²) in [6.07, 6.45) is 6.41. The Balaban J connectivity index is 2.05. The van der Waals surface area contributed by atoms with Gasteiger partial charge in [0.15, 0.2) is 0 Å². The zero-order chi connectivity index (χ0) is 18.8. The number of hydrogen-bond acceptors (Lipinski definition) is 5. The van der Waals surface area contributed by atoms with Crippen molar-refractivity contribution >= 4 is 6.09 Å². The molecule has 26 heavy (non-hydrogen) atoms. The molecular formula is C20H37NO5. The van der Waals surface area contributed by atoms with Crippen molar-refractivity contribution in [3.8, 4) is 0 Å². The molecule has 0 bridgehead atoms. The maximum absolute atomic E-state index is 11.8. The lowest BCUT2D eigenvalue weighted by Gasteiger charge is -2.42. The molecule has 6 heteroatoms. The fourth-order valence-electron chi connectivity index (χ4n) is 3.67. The third-order valence-corrected chi connectivity index (χ3v) is 5.21. The molecule has 1 aliphatic carbocycles. The van der Waals surface area contributed by atoms with Crippen molar-refractivity contribution in [1.82, 2.24) is 5.32 Å². The molecule has 0 unspecified atom stereocenters. The largest absolute Gasteiger partial charge is 0.444 e. The predicted molar refractivity (Wildman–Crippen MR) is 100 cm³/mol. The van der Waals surface area contributed by atoms with Crippen LogP contribution in [0.25, 0.3) is 0 Å². The Kier molecular flexibility index (Phi) is 9.72. The topological polar surface area (TPSA) is 66.0 Å². The molecule has 152 valence electrons. The number of carbonyl (C=O) groups is 1. The van der Waals surface area contributed by atoms with Crippen LogP contribution in [0.3, 0.4) is 0 Å². The molecule has 0 radical (unpaired) electrons. The Morgan fingerprint density at radius 3 is 2.23 bits per heavy atom. The summed E-state index contributed by atoms with van der Waals surface area (Å²) in [6, 6.07) is -0.127. The number of hydrogen-bond donors (Lipinski definition) is 1. The van der Waals surface area contributed by atoms with Crippen LogP contribution in [0.2, 0.25) is 0 Å². The van der Waals surface area contributed by atoms with Crippen LogP contribution in [0.1, 0.15) is 65.7 Å². The first kappa shape index (κ1) is 21.5. The van der Waals surface area contributed by atoms with Crippen LogP contribution in [0.15, 0.2) is 0 Å². The number of ether oxygens (including phenoxy) is 4. The zero-order valence-electron chi connectivity index (χ0n) is 16.7. The molecule has 0 aromatic carbocycles. The summed E-state index contributed by atoms with van der Waals surface area (Å²) in [6.45, 7) is 9.25. The van der Waals surface area contributed by atoms with E-state index in [0.29, 0.717) is 19.8 Å². The molecule has 0 aromatic heterocycles. The van der Waals surface area contributed by atoms with Gasteiger partial charge in [-0.05, 0) is 25.7 Å². The summed E-state index contributed by atoms with van der Waals surface area (Å²) in [4.78, 5) is 11.8. The van der Waals surface area contributed by atoms with Crippen LogP contribution in [-0.4, -0.2) is 56.9 Å². The van der Waals surface area contributed by atoms with Crippen LogP contribution >= 0.6 is 0 Å². The van der Waals surface area contributed by atoms with Gasteiger partial charge in [-0.25, -0.2) is 4.79 Å². The molecule has 2 rings (SSSR count). The standard InChI is InChI=1S/C20H37NO5/c1-4-7-10-23-14-15-13-16-17(21-20(22)26-16)19(25-12-9-6-3)18(15)24-11-8-5-2/h15-19H,4-14H2,1-3H3,(H,21,22)/t15-,16+,17+,18-,19-/m1/s1. The lowest BCUT2D eigenvalue weighted by Crippen LogP contribution is -2.58. The number of rotatable bonds is 13. The molecule has 6 nitrogen and oxygen atoms in total. The van der Waals surface area contributed by atoms with Crippen molar-refractivity contribution < 1.29 is 23.7 Å². The number of fused-ring (bicyclic) bond motifs is 1. The van der Waals surface area contributed by atoms with E-state index >= 15 is 0 Å². The first-order chi connectivity index (χ1) is 12.7. The molecule has 1 N–H and O–H groups in total. The van der Waals surface area contributed by atoms with Gasteiger partial charge >= 0.3 is 6.09 Å². The second-order valence-corrected chi connectivity index (χ2v) is 7.42. The van der Waals surface area contributed by atoms with Crippen LogP contribution in [-0.2, 0) is 18.9 Å². The summed E-state index contributed by atoms with van der Waals surface area (Å²) in [7, 11) is 0. The molecule has 1 heterocycles. The number of alkyl carbamates (subject to hydrolysis) is 1. The highest BCUT2D eigenvalue weighted by atomic mass is 16.6. The minimum absolute atomic E-state index is 0.0664. The van der Waals surface area contributed by atoms with Crippen molar-refractivity contribution in [2.45, 2.75) is 90.1 Å². The number of unbranched alkanes of at least 4 members (excludes halogenated alkanes) is 3. The number of carbonyl (C=O) groups excluding carboxylic acids is 1. The second kappa shape index (κ2) is 11.8. The molecule has 2 fully saturated rings. The average molecular weight is 372 g/mol. The van der Waals surface area contributed by atoms with Crippen molar-refractivity contribution in [2.24, 2.45) is 5.92 Å². The minimum atomic E-state index is -0.344. The maximum Gasteiger partial charge on any atom is 0.407 e. The Bertz CT molecular complexity index is 406. The summed E-state index contributed by atoms with van der Waals surface area (Å²) >= 11 is 0. The molecule has 2 aliphatic rings. The highest BCUT2D eigenvalue weighted by Gasteiger charge is 2.51. The van der Waals surface area contributed by atoms with E-state index < -0.39 is 0 Å². The highest BCUT2D eigenvalue weighted by Crippen LogP contribution is 2.35. The third kappa shape index (κ3) is 6.10. The van der Waals surface area contributed by atoms with Gasteiger partial charge in [0.25, 0.3) is 0 Å². The van der Waals surface area contributed by atoms with Crippen molar-refractivity contribution in [3.63, 3.8) is 0 Å². The van der Waals surface area contributed by atoms with E-state index in [1.807, 2.05) is 0 Å². The van der Waals surface area contributed by atoms with Crippen LogP contribution in [0, 0.1) is 5.92 Å². The SMILES string of the molecule is CCCCOC[C@H]1C[C@@H]2OC(=O)N[C@@H]2[C@@H](OCCCC)[C@@H]1OCCCC. The molecule has 1 saturated heterocycles. The highest BCUT2D eigenvalue weighted by molar-refractivity contribution is 5.70. The Hall–Kier alpha value is -0.850. The van der Waals surface area contributed by atoms with E-state index in [1.165, 1.54) is 0 Å². The summed E-state index contributed by atoms with van der Waals surface area (Å²) < 4.78 is 23.9. The lowest BCUT2D eigenvalue weighted by molar-refractivity contribution is -0.154. The van der Waals surface area contributed by atoms with Crippen molar-refractivity contribution in [3.05, 3.63) is 0 Å². The van der Waals surface area contributed by atoms with Gasteiger partial charge in [0, 0.05) is 25.7 Å². The van der Waals surface area contributed by atoms with E-state index in [-0.39, 0.29) is 36.4 Å². The van der Waals surface area contributed by atoms with Gasteiger partial charge < -0.3 is 24.3 Å². The number of nitrogens with one attached hydrogen (secondary N) is 1.